The minimum absolute atomic E-state index is 0.145. The predicted octanol–water partition coefficient (Wildman–Crippen LogP) is 8.01. The topological polar surface area (TPSA) is 18.5 Å². The summed E-state index contributed by atoms with van der Waals surface area (Å²) in [5, 5.41) is 0. The van der Waals surface area contributed by atoms with Crippen molar-refractivity contribution >= 4 is 5.57 Å². The van der Waals surface area contributed by atoms with Gasteiger partial charge in [-0.05, 0) is 81.2 Å². The molecule has 0 heterocycles. The fourth-order valence-electron chi connectivity index (χ4n) is 4.77. The lowest BCUT2D eigenvalue weighted by Crippen LogP contribution is -2.19. The quantitative estimate of drug-likeness (QED) is 0.408. The van der Waals surface area contributed by atoms with E-state index in [-0.39, 0.29) is 12.2 Å². The number of hydrogen-bond acceptors (Lipinski definition) is 2. The molecule has 4 heteroatoms. The molecule has 0 N–H and O–H groups in total. The van der Waals surface area contributed by atoms with E-state index in [4.69, 9.17) is 9.47 Å². The van der Waals surface area contributed by atoms with Crippen molar-refractivity contribution in [2.24, 2.45) is 0 Å². The fraction of sp³-hybridized carbons (Fsp3) is 0.429. The molecular formula is C28H32F2O2. The van der Waals surface area contributed by atoms with Crippen LogP contribution in [0.15, 0.2) is 55.1 Å². The largest absolute Gasteiger partial charge is 0.490 e. The Morgan fingerprint density at radius 2 is 1.16 bits per heavy atom. The Morgan fingerprint density at radius 1 is 0.719 bits per heavy atom. The van der Waals surface area contributed by atoms with Gasteiger partial charge in [-0.2, -0.15) is 0 Å². The highest BCUT2D eigenvalue weighted by molar-refractivity contribution is 5.81. The number of allylic oxidation sites excluding steroid dienone is 2. The van der Waals surface area contributed by atoms with Crippen molar-refractivity contribution in [3.05, 3.63) is 77.9 Å². The van der Waals surface area contributed by atoms with Crippen LogP contribution in [-0.4, -0.2) is 12.2 Å². The molecule has 0 radical (unpaired) electrons. The first-order valence-corrected chi connectivity index (χ1v) is 11.9. The van der Waals surface area contributed by atoms with Crippen molar-refractivity contribution in [3.63, 3.8) is 0 Å². The lowest BCUT2D eigenvalue weighted by Gasteiger charge is -2.23. The maximum absolute atomic E-state index is 15.1. The Bertz CT molecular complexity index is 882. The molecule has 2 saturated carbocycles. The Labute approximate surface area is 189 Å². The van der Waals surface area contributed by atoms with Gasteiger partial charge in [-0.15, -0.1) is 0 Å². The van der Waals surface area contributed by atoms with Crippen molar-refractivity contribution in [2.45, 2.75) is 76.4 Å². The van der Waals surface area contributed by atoms with Crippen molar-refractivity contribution in [1.82, 2.24) is 0 Å². The molecule has 4 rings (SSSR count). The third kappa shape index (κ3) is 5.59. The van der Waals surface area contributed by atoms with E-state index >= 15 is 8.78 Å². The van der Waals surface area contributed by atoms with Crippen LogP contribution in [0.4, 0.5) is 8.78 Å². The fourth-order valence-corrected chi connectivity index (χ4v) is 4.77. The average Bonchev–Trinajstić information content (AvgIpc) is 2.80. The van der Waals surface area contributed by atoms with E-state index in [1.54, 1.807) is 36.4 Å². The summed E-state index contributed by atoms with van der Waals surface area (Å²) >= 11 is 0. The minimum Gasteiger partial charge on any atom is -0.490 e. The van der Waals surface area contributed by atoms with Gasteiger partial charge in [0, 0.05) is 23.3 Å². The molecule has 0 atom stereocenters. The van der Waals surface area contributed by atoms with Gasteiger partial charge >= 0.3 is 0 Å². The van der Waals surface area contributed by atoms with E-state index in [2.05, 4.69) is 6.58 Å². The van der Waals surface area contributed by atoms with Crippen LogP contribution in [0.3, 0.4) is 0 Å². The summed E-state index contributed by atoms with van der Waals surface area (Å²) in [5.74, 6) is 0.169. The standard InChI is InChI=1S/C28H32F2O2/c1-2-9-24(25-16-14-22(18-27(25)29)31-20-10-5-3-6-11-20)26-17-15-23(19-28(26)30)32-21-12-7-4-8-13-21/h2,9,14-21H,1,3-8,10-13H2. The van der Waals surface area contributed by atoms with Crippen molar-refractivity contribution in [1.29, 1.82) is 0 Å². The number of rotatable bonds is 7. The predicted molar refractivity (Wildman–Crippen MR) is 125 cm³/mol. The number of halogens is 2. The van der Waals surface area contributed by atoms with E-state index in [1.807, 2.05) is 0 Å². The zero-order chi connectivity index (χ0) is 22.3. The number of ether oxygens (including phenoxy) is 2. The van der Waals surface area contributed by atoms with Crippen LogP contribution in [0.5, 0.6) is 11.5 Å². The van der Waals surface area contributed by atoms with E-state index in [0.717, 1.165) is 51.4 Å². The Hall–Kier alpha value is -2.62. The third-order valence-corrected chi connectivity index (χ3v) is 6.46. The lowest BCUT2D eigenvalue weighted by atomic mass is 9.95. The zero-order valence-electron chi connectivity index (χ0n) is 18.6. The summed E-state index contributed by atoms with van der Waals surface area (Å²) in [4.78, 5) is 0. The monoisotopic (exact) mass is 438 g/mol. The van der Waals surface area contributed by atoms with Gasteiger partial charge in [0.25, 0.3) is 0 Å². The molecule has 2 aliphatic rings. The van der Waals surface area contributed by atoms with Crippen molar-refractivity contribution in [3.8, 4) is 11.5 Å². The SMILES string of the molecule is C=CC=C(c1ccc(OC2CCCCC2)cc1F)c1ccc(OC2CCCCC2)cc1F. The first kappa shape index (κ1) is 22.6. The van der Waals surface area contributed by atoms with Crippen LogP contribution >= 0.6 is 0 Å². The molecule has 0 aliphatic heterocycles. The molecule has 0 saturated heterocycles. The van der Waals surface area contributed by atoms with Crippen LogP contribution in [0.25, 0.3) is 5.57 Å². The van der Waals surface area contributed by atoms with Gasteiger partial charge in [-0.3, -0.25) is 0 Å². The minimum atomic E-state index is -0.437. The van der Waals surface area contributed by atoms with Crippen LogP contribution in [0.2, 0.25) is 0 Å². The molecule has 2 fully saturated rings. The molecule has 0 amide bonds. The Kier molecular flexibility index (Phi) is 7.62. The maximum Gasteiger partial charge on any atom is 0.134 e. The molecular weight excluding hydrogens is 406 g/mol. The summed E-state index contributed by atoms with van der Waals surface area (Å²) in [7, 11) is 0. The van der Waals surface area contributed by atoms with E-state index in [0.29, 0.717) is 28.2 Å². The molecule has 2 aromatic rings. The van der Waals surface area contributed by atoms with Gasteiger partial charge in [0.15, 0.2) is 0 Å². The normalized spacial score (nSPS) is 17.6. The molecule has 0 aromatic heterocycles. The summed E-state index contributed by atoms with van der Waals surface area (Å²) in [6, 6.07) is 9.66. The van der Waals surface area contributed by atoms with Gasteiger partial charge in [-0.25, -0.2) is 8.78 Å². The Morgan fingerprint density at radius 3 is 1.53 bits per heavy atom. The summed E-state index contributed by atoms with van der Waals surface area (Å²) < 4.78 is 42.1. The summed E-state index contributed by atoms with van der Waals surface area (Å²) in [5.41, 5.74) is 1.09. The molecule has 170 valence electrons. The van der Waals surface area contributed by atoms with Gasteiger partial charge in [0.05, 0.1) is 12.2 Å². The first-order chi connectivity index (χ1) is 15.6. The van der Waals surface area contributed by atoms with E-state index in [9.17, 15) is 0 Å². The Balaban J connectivity index is 1.54. The molecule has 0 spiro atoms. The highest BCUT2D eigenvalue weighted by Gasteiger charge is 2.19. The van der Waals surface area contributed by atoms with Gasteiger partial charge in [0.1, 0.15) is 23.1 Å². The maximum atomic E-state index is 15.1. The summed E-state index contributed by atoms with van der Waals surface area (Å²) in [6.45, 7) is 3.73. The number of hydrogen-bond donors (Lipinski definition) is 0. The first-order valence-electron chi connectivity index (χ1n) is 11.9. The highest BCUT2D eigenvalue weighted by atomic mass is 19.1. The second kappa shape index (κ2) is 10.8. The number of benzene rings is 2. The van der Waals surface area contributed by atoms with E-state index in [1.165, 1.54) is 25.0 Å². The van der Waals surface area contributed by atoms with Gasteiger partial charge < -0.3 is 9.47 Å². The van der Waals surface area contributed by atoms with Crippen LogP contribution < -0.4 is 9.47 Å². The average molecular weight is 439 g/mol. The summed E-state index contributed by atoms with van der Waals surface area (Å²) in [6.07, 6.45) is 14.6. The second-order valence-electron chi connectivity index (χ2n) is 8.86. The van der Waals surface area contributed by atoms with Gasteiger partial charge in [-0.1, -0.05) is 31.6 Å². The molecule has 2 aromatic carbocycles. The zero-order valence-corrected chi connectivity index (χ0v) is 18.6. The smallest absolute Gasteiger partial charge is 0.134 e. The third-order valence-electron chi connectivity index (χ3n) is 6.46. The van der Waals surface area contributed by atoms with Crippen molar-refractivity contribution < 1.29 is 18.3 Å². The van der Waals surface area contributed by atoms with Crippen molar-refractivity contribution in [2.75, 3.05) is 0 Å². The molecule has 0 unspecified atom stereocenters. The van der Waals surface area contributed by atoms with E-state index < -0.39 is 11.6 Å². The highest BCUT2D eigenvalue weighted by Crippen LogP contribution is 2.33. The van der Waals surface area contributed by atoms with Crippen LogP contribution in [-0.2, 0) is 0 Å². The molecule has 32 heavy (non-hydrogen) atoms. The van der Waals surface area contributed by atoms with Crippen LogP contribution in [0, 0.1) is 11.6 Å². The molecule has 2 nitrogen and oxygen atoms in total. The molecule has 0 bridgehead atoms. The molecule has 2 aliphatic carbocycles. The van der Waals surface area contributed by atoms with Crippen LogP contribution in [0.1, 0.15) is 75.3 Å². The lowest BCUT2D eigenvalue weighted by molar-refractivity contribution is 0.154. The van der Waals surface area contributed by atoms with Gasteiger partial charge in [0.2, 0.25) is 0 Å². The second-order valence-corrected chi connectivity index (χ2v) is 8.86.